The summed E-state index contributed by atoms with van der Waals surface area (Å²) in [4.78, 5) is 16.4. The molecule has 1 aliphatic heterocycles. The molecule has 0 amide bonds. The minimum absolute atomic E-state index is 0.0120. The summed E-state index contributed by atoms with van der Waals surface area (Å²) >= 11 is 0. The molecule has 0 unspecified atom stereocenters. The number of rotatable bonds is 4. The summed E-state index contributed by atoms with van der Waals surface area (Å²) < 4.78 is 0. The maximum absolute atomic E-state index is 11.4. The average molecular weight is 261 g/mol. The first-order valence-corrected chi connectivity index (χ1v) is 7.48. The lowest BCUT2D eigenvalue weighted by Gasteiger charge is -2.36. The van der Waals surface area contributed by atoms with Crippen LogP contribution in [0.3, 0.4) is 0 Å². The lowest BCUT2D eigenvalue weighted by Crippen LogP contribution is -2.47. The number of nitrogens with zero attached hydrogens (tertiary/aromatic N) is 1. The third-order valence-corrected chi connectivity index (χ3v) is 4.47. The zero-order chi connectivity index (χ0) is 13.1. The first-order chi connectivity index (χ1) is 9.31. The lowest BCUT2D eigenvalue weighted by atomic mass is 9.85. The number of hydrogen-bond donors (Lipinski definition) is 2. The largest absolute Gasteiger partial charge is 0.370 e. The monoisotopic (exact) mass is 261 g/mol. The van der Waals surface area contributed by atoms with E-state index in [1.54, 1.807) is 12.3 Å². The summed E-state index contributed by atoms with van der Waals surface area (Å²) in [6.45, 7) is 3.26. The Morgan fingerprint density at radius 3 is 2.95 bits per heavy atom. The van der Waals surface area contributed by atoms with Crippen molar-refractivity contribution in [1.29, 1.82) is 0 Å². The second-order valence-electron chi connectivity index (χ2n) is 5.90. The van der Waals surface area contributed by atoms with Crippen LogP contribution in [-0.2, 0) is 0 Å². The summed E-state index contributed by atoms with van der Waals surface area (Å²) in [5.41, 5.74) is 1.04. The van der Waals surface area contributed by atoms with E-state index < -0.39 is 0 Å². The van der Waals surface area contributed by atoms with Gasteiger partial charge in [0.05, 0.1) is 0 Å². The van der Waals surface area contributed by atoms with Crippen LogP contribution in [0.2, 0.25) is 0 Å². The highest BCUT2D eigenvalue weighted by molar-refractivity contribution is 5.45. The van der Waals surface area contributed by atoms with Crippen LogP contribution in [0, 0.1) is 5.92 Å². The average Bonchev–Trinajstić information content (AvgIpc) is 2.37. The summed E-state index contributed by atoms with van der Waals surface area (Å²) in [6.07, 6.45) is 8.41. The first-order valence-electron chi connectivity index (χ1n) is 7.48. The van der Waals surface area contributed by atoms with Crippen LogP contribution in [-0.4, -0.2) is 30.7 Å². The van der Waals surface area contributed by atoms with Gasteiger partial charge in [-0.3, -0.25) is 4.79 Å². The molecule has 1 saturated carbocycles. The molecule has 0 radical (unpaired) electrons. The normalized spacial score (nSPS) is 24.2. The standard InChI is InChI=1S/C15H23N3O/c19-15-9-14(6-7-16-15)18-8-2-5-13(11-18)17-10-12-3-1-4-12/h6-7,9,12-13,17H,1-5,8,10-11H2,(H,16,19)/t13-/m1/s1. The van der Waals surface area contributed by atoms with E-state index in [-0.39, 0.29) is 5.56 Å². The maximum atomic E-state index is 11.4. The van der Waals surface area contributed by atoms with E-state index in [4.69, 9.17) is 0 Å². The van der Waals surface area contributed by atoms with Gasteiger partial charge in [-0.1, -0.05) is 6.42 Å². The third-order valence-electron chi connectivity index (χ3n) is 4.47. The summed E-state index contributed by atoms with van der Waals surface area (Å²) in [6, 6.07) is 4.28. The van der Waals surface area contributed by atoms with Gasteiger partial charge >= 0.3 is 0 Å². The second kappa shape index (κ2) is 5.78. The van der Waals surface area contributed by atoms with E-state index >= 15 is 0 Å². The number of nitrogens with one attached hydrogen (secondary N) is 2. The summed E-state index contributed by atoms with van der Waals surface area (Å²) in [7, 11) is 0. The van der Waals surface area contributed by atoms with Crippen molar-refractivity contribution in [3.05, 3.63) is 28.7 Å². The van der Waals surface area contributed by atoms with E-state index in [2.05, 4.69) is 15.2 Å². The van der Waals surface area contributed by atoms with Crippen LogP contribution in [0.25, 0.3) is 0 Å². The van der Waals surface area contributed by atoms with Gasteiger partial charge in [0.15, 0.2) is 0 Å². The van der Waals surface area contributed by atoms with Crippen LogP contribution >= 0.6 is 0 Å². The first kappa shape index (κ1) is 12.7. The minimum Gasteiger partial charge on any atom is -0.370 e. The van der Waals surface area contributed by atoms with Crippen molar-refractivity contribution in [2.45, 2.75) is 38.1 Å². The molecule has 4 heteroatoms. The van der Waals surface area contributed by atoms with Crippen molar-refractivity contribution in [3.8, 4) is 0 Å². The Balaban J connectivity index is 1.56. The topological polar surface area (TPSA) is 48.1 Å². The number of H-pyrrole nitrogens is 1. The highest BCUT2D eigenvalue weighted by Gasteiger charge is 2.23. The van der Waals surface area contributed by atoms with Crippen molar-refractivity contribution in [2.24, 2.45) is 5.92 Å². The molecule has 0 aromatic carbocycles. The van der Waals surface area contributed by atoms with Crippen molar-refractivity contribution < 1.29 is 0 Å². The SMILES string of the molecule is O=c1cc(N2CCC[C@@H](NCC3CCC3)C2)cc[nH]1. The van der Waals surface area contributed by atoms with E-state index in [0.29, 0.717) is 6.04 Å². The summed E-state index contributed by atoms with van der Waals surface area (Å²) in [5.74, 6) is 0.912. The van der Waals surface area contributed by atoms with Gasteiger partial charge in [-0.15, -0.1) is 0 Å². The van der Waals surface area contributed by atoms with E-state index in [0.717, 1.165) is 24.7 Å². The maximum Gasteiger partial charge on any atom is 0.249 e. The summed E-state index contributed by atoms with van der Waals surface area (Å²) in [5, 5.41) is 3.71. The van der Waals surface area contributed by atoms with Gasteiger partial charge in [-0.05, 0) is 44.2 Å². The Labute approximate surface area is 114 Å². The zero-order valence-corrected chi connectivity index (χ0v) is 11.4. The Bertz CT molecular complexity index is 466. The van der Waals surface area contributed by atoms with Crippen LogP contribution < -0.4 is 15.8 Å². The molecular formula is C15H23N3O. The molecule has 1 aromatic rings. The number of aromatic nitrogens is 1. The Morgan fingerprint density at radius 1 is 1.32 bits per heavy atom. The van der Waals surface area contributed by atoms with Gasteiger partial charge in [0.1, 0.15) is 0 Å². The highest BCUT2D eigenvalue weighted by Crippen LogP contribution is 2.26. The van der Waals surface area contributed by atoms with E-state index in [1.165, 1.54) is 38.6 Å². The number of pyridine rings is 1. The predicted molar refractivity (Wildman–Crippen MR) is 77.6 cm³/mol. The number of aromatic amines is 1. The fourth-order valence-corrected chi connectivity index (χ4v) is 3.04. The van der Waals surface area contributed by atoms with Crippen LogP contribution in [0.5, 0.6) is 0 Å². The molecular weight excluding hydrogens is 238 g/mol. The minimum atomic E-state index is -0.0120. The van der Waals surface area contributed by atoms with Crippen molar-refractivity contribution in [2.75, 3.05) is 24.5 Å². The molecule has 0 spiro atoms. The van der Waals surface area contributed by atoms with Gasteiger partial charge in [0.2, 0.25) is 5.56 Å². The molecule has 2 aliphatic rings. The van der Waals surface area contributed by atoms with Gasteiger partial charge in [0, 0.05) is 37.1 Å². The fourth-order valence-electron chi connectivity index (χ4n) is 3.04. The molecule has 2 fully saturated rings. The van der Waals surface area contributed by atoms with Gasteiger partial charge in [-0.25, -0.2) is 0 Å². The molecule has 3 rings (SSSR count). The molecule has 1 aliphatic carbocycles. The molecule has 2 heterocycles. The predicted octanol–water partition coefficient (Wildman–Crippen LogP) is 1.73. The van der Waals surface area contributed by atoms with Crippen LogP contribution in [0.15, 0.2) is 23.1 Å². The molecule has 0 bridgehead atoms. The van der Waals surface area contributed by atoms with E-state index in [9.17, 15) is 4.79 Å². The Kier molecular flexibility index (Phi) is 3.87. The second-order valence-corrected chi connectivity index (χ2v) is 5.90. The molecule has 2 N–H and O–H groups in total. The van der Waals surface area contributed by atoms with Crippen LogP contribution in [0.4, 0.5) is 5.69 Å². The quantitative estimate of drug-likeness (QED) is 0.868. The number of anilines is 1. The fraction of sp³-hybridized carbons (Fsp3) is 0.667. The highest BCUT2D eigenvalue weighted by atomic mass is 16.1. The zero-order valence-electron chi connectivity index (χ0n) is 11.4. The number of piperidine rings is 1. The van der Waals surface area contributed by atoms with Gasteiger partial charge in [0.25, 0.3) is 0 Å². The molecule has 1 saturated heterocycles. The van der Waals surface area contributed by atoms with Gasteiger partial charge in [-0.2, -0.15) is 0 Å². The van der Waals surface area contributed by atoms with Crippen molar-refractivity contribution in [3.63, 3.8) is 0 Å². The molecule has 4 nitrogen and oxygen atoms in total. The molecule has 19 heavy (non-hydrogen) atoms. The molecule has 1 aromatic heterocycles. The Hall–Kier alpha value is -1.29. The lowest BCUT2D eigenvalue weighted by molar-refractivity contribution is 0.280. The smallest absolute Gasteiger partial charge is 0.249 e. The Morgan fingerprint density at radius 2 is 2.21 bits per heavy atom. The molecule has 104 valence electrons. The number of hydrogen-bond acceptors (Lipinski definition) is 3. The third kappa shape index (κ3) is 3.18. The van der Waals surface area contributed by atoms with Crippen molar-refractivity contribution in [1.82, 2.24) is 10.3 Å². The molecule has 1 atom stereocenters. The van der Waals surface area contributed by atoms with E-state index in [1.807, 2.05) is 6.07 Å². The van der Waals surface area contributed by atoms with Gasteiger partial charge < -0.3 is 15.2 Å². The van der Waals surface area contributed by atoms with Crippen molar-refractivity contribution >= 4 is 5.69 Å². The van der Waals surface area contributed by atoms with Crippen LogP contribution in [0.1, 0.15) is 32.1 Å².